The van der Waals surface area contributed by atoms with Crippen molar-refractivity contribution in [2.24, 2.45) is 5.41 Å². The van der Waals surface area contributed by atoms with Gasteiger partial charge in [0, 0.05) is 74.1 Å². The number of piperazine rings is 1. The summed E-state index contributed by atoms with van der Waals surface area (Å²) in [6, 6.07) is 8.42. The molecule has 1 amide bonds. The third kappa shape index (κ3) is 3.86. The molecule has 9 heteroatoms. The Bertz CT molecular complexity index is 1270. The van der Waals surface area contributed by atoms with Crippen LogP contribution in [0.25, 0.3) is 11.8 Å². The summed E-state index contributed by atoms with van der Waals surface area (Å²) in [5.74, 6) is 0.377. The van der Waals surface area contributed by atoms with E-state index in [4.69, 9.17) is 4.98 Å². The molecule has 2 aliphatic heterocycles. The van der Waals surface area contributed by atoms with E-state index in [-0.39, 0.29) is 11.3 Å². The molecule has 1 aromatic carbocycles. The zero-order valence-corrected chi connectivity index (χ0v) is 20.4. The first-order valence-electron chi connectivity index (χ1n) is 11.7. The Morgan fingerprint density at radius 3 is 2.47 bits per heavy atom. The second-order valence-corrected chi connectivity index (χ2v) is 9.67. The monoisotopic (exact) mass is 460 g/mol. The Kier molecular flexibility index (Phi) is 5.44. The SMILES string of the molecule is CNC(=O)C1=C2C(=c3nc(Nc4ccc(N5CCN(C)CC5)cc4)ncc3=CC2(C)C)N(C)N1. The van der Waals surface area contributed by atoms with Crippen LogP contribution in [0.3, 0.4) is 0 Å². The fourth-order valence-electron chi connectivity index (χ4n) is 4.92. The van der Waals surface area contributed by atoms with Gasteiger partial charge in [0.1, 0.15) is 11.0 Å². The molecule has 9 nitrogen and oxygen atoms in total. The van der Waals surface area contributed by atoms with Crippen LogP contribution in [0, 0.1) is 5.41 Å². The van der Waals surface area contributed by atoms with Crippen LogP contribution < -0.4 is 31.5 Å². The molecule has 0 bridgehead atoms. The van der Waals surface area contributed by atoms with E-state index in [0.717, 1.165) is 53.7 Å². The van der Waals surface area contributed by atoms with E-state index in [1.165, 1.54) is 5.69 Å². The van der Waals surface area contributed by atoms with Crippen molar-refractivity contribution in [2.45, 2.75) is 13.8 Å². The smallest absolute Gasteiger partial charge is 0.269 e. The lowest BCUT2D eigenvalue weighted by Crippen LogP contribution is -2.44. The van der Waals surface area contributed by atoms with Crippen molar-refractivity contribution in [1.82, 2.24) is 30.6 Å². The number of carbonyl (C=O) groups excluding carboxylic acids is 1. The molecule has 3 heterocycles. The molecular weight excluding hydrogens is 428 g/mol. The van der Waals surface area contributed by atoms with Gasteiger partial charge in [0.05, 0.1) is 5.70 Å². The molecular formula is C25H32N8O. The molecule has 0 atom stereocenters. The highest BCUT2D eigenvalue weighted by Crippen LogP contribution is 2.40. The van der Waals surface area contributed by atoms with Crippen LogP contribution in [0.2, 0.25) is 0 Å². The van der Waals surface area contributed by atoms with Gasteiger partial charge in [-0.15, -0.1) is 0 Å². The van der Waals surface area contributed by atoms with E-state index in [0.29, 0.717) is 11.6 Å². The summed E-state index contributed by atoms with van der Waals surface area (Å²) in [5.41, 5.74) is 7.41. The molecule has 34 heavy (non-hydrogen) atoms. The van der Waals surface area contributed by atoms with Gasteiger partial charge in [-0.1, -0.05) is 19.9 Å². The first-order valence-corrected chi connectivity index (χ1v) is 11.7. The van der Waals surface area contributed by atoms with Crippen molar-refractivity contribution >= 4 is 35.0 Å². The number of amides is 1. The largest absolute Gasteiger partial charge is 0.369 e. The molecule has 1 fully saturated rings. The number of rotatable bonds is 4. The third-order valence-corrected chi connectivity index (χ3v) is 6.75. The zero-order valence-electron chi connectivity index (χ0n) is 20.4. The molecule has 3 aliphatic rings. The molecule has 1 aliphatic carbocycles. The molecule has 178 valence electrons. The highest BCUT2D eigenvalue weighted by Gasteiger charge is 2.39. The van der Waals surface area contributed by atoms with Gasteiger partial charge < -0.3 is 20.4 Å². The van der Waals surface area contributed by atoms with E-state index in [1.807, 2.05) is 18.3 Å². The van der Waals surface area contributed by atoms with Gasteiger partial charge in [-0.25, -0.2) is 9.97 Å². The molecule has 0 unspecified atom stereocenters. The van der Waals surface area contributed by atoms with Crippen molar-refractivity contribution in [3.05, 3.63) is 52.3 Å². The van der Waals surface area contributed by atoms with Gasteiger partial charge in [-0.2, -0.15) is 0 Å². The summed E-state index contributed by atoms with van der Waals surface area (Å²) in [7, 11) is 5.71. The zero-order chi connectivity index (χ0) is 24.0. The molecule has 0 saturated carbocycles. The quantitative estimate of drug-likeness (QED) is 0.603. The molecule has 3 N–H and O–H groups in total. The highest BCUT2D eigenvalue weighted by atomic mass is 16.2. The Hall–Kier alpha value is -3.59. The van der Waals surface area contributed by atoms with Crippen LogP contribution in [0.5, 0.6) is 0 Å². The topological polar surface area (TPSA) is 88.7 Å². The van der Waals surface area contributed by atoms with Crippen LogP contribution in [-0.2, 0) is 4.79 Å². The fraction of sp³-hybridized carbons (Fsp3) is 0.400. The Morgan fingerprint density at radius 1 is 1.09 bits per heavy atom. The fourth-order valence-corrected chi connectivity index (χ4v) is 4.92. The van der Waals surface area contributed by atoms with Crippen molar-refractivity contribution in [3.63, 3.8) is 0 Å². The second-order valence-electron chi connectivity index (χ2n) is 9.67. The minimum absolute atomic E-state index is 0.144. The van der Waals surface area contributed by atoms with E-state index in [9.17, 15) is 4.79 Å². The summed E-state index contributed by atoms with van der Waals surface area (Å²) in [5, 5.41) is 9.70. The summed E-state index contributed by atoms with van der Waals surface area (Å²) < 4.78 is 0. The number of benzene rings is 1. The maximum Gasteiger partial charge on any atom is 0.269 e. The summed E-state index contributed by atoms with van der Waals surface area (Å²) in [6.07, 6.45) is 3.97. The number of likely N-dealkylation sites (N-methyl/N-ethyl adjacent to an activating group) is 3. The minimum Gasteiger partial charge on any atom is -0.369 e. The number of carbonyl (C=O) groups is 1. The lowest BCUT2D eigenvalue weighted by Gasteiger charge is -2.34. The van der Waals surface area contributed by atoms with Crippen LogP contribution in [0.1, 0.15) is 13.8 Å². The van der Waals surface area contributed by atoms with Crippen molar-refractivity contribution in [1.29, 1.82) is 0 Å². The van der Waals surface area contributed by atoms with E-state index >= 15 is 0 Å². The lowest BCUT2D eigenvalue weighted by molar-refractivity contribution is -0.117. The highest BCUT2D eigenvalue weighted by molar-refractivity contribution is 5.98. The van der Waals surface area contributed by atoms with Gasteiger partial charge in [0.15, 0.2) is 0 Å². The van der Waals surface area contributed by atoms with E-state index in [1.54, 1.807) is 7.05 Å². The number of aromatic nitrogens is 2. The number of hydrazine groups is 1. The summed E-state index contributed by atoms with van der Waals surface area (Å²) >= 11 is 0. The number of hydrogen-bond acceptors (Lipinski definition) is 8. The third-order valence-electron chi connectivity index (χ3n) is 6.75. The first kappa shape index (κ1) is 22.2. The molecule has 0 spiro atoms. The van der Waals surface area contributed by atoms with Crippen LogP contribution in [0.15, 0.2) is 41.7 Å². The average molecular weight is 461 g/mol. The average Bonchev–Trinajstić information content (AvgIpc) is 3.18. The molecule has 0 radical (unpaired) electrons. The lowest BCUT2D eigenvalue weighted by atomic mass is 9.78. The van der Waals surface area contributed by atoms with Crippen LogP contribution >= 0.6 is 0 Å². The number of nitrogens with one attached hydrogen (secondary N) is 3. The molecule has 2 aromatic rings. The number of hydrogen-bond donors (Lipinski definition) is 3. The number of anilines is 3. The maximum absolute atomic E-state index is 12.5. The predicted molar refractivity (Wildman–Crippen MR) is 134 cm³/mol. The minimum atomic E-state index is -0.348. The normalized spacial score (nSPS) is 19.3. The Balaban J connectivity index is 1.47. The summed E-state index contributed by atoms with van der Waals surface area (Å²) in [6.45, 7) is 8.44. The predicted octanol–water partition coefficient (Wildman–Crippen LogP) is 0.351. The van der Waals surface area contributed by atoms with Crippen LogP contribution in [0.4, 0.5) is 17.3 Å². The maximum atomic E-state index is 12.5. The standard InChI is InChI=1S/C25H32N8O/c1-25(2)14-16-15-27-24(29-20(16)22-19(25)21(23(34)26-3)30-32(22)5)28-17-6-8-18(9-7-17)33-12-10-31(4)11-13-33/h6-9,14-15,30H,10-13H2,1-5H3,(H,26,34)(H,28,29). The molecule has 5 rings (SSSR count). The van der Waals surface area contributed by atoms with Crippen molar-refractivity contribution in [2.75, 3.05) is 57.5 Å². The van der Waals surface area contributed by atoms with Crippen molar-refractivity contribution in [3.8, 4) is 0 Å². The Morgan fingerprint density at radius 2 is 1.79 bits per heavy atom. The summed E-state index contributed by atoms with van der Waals surface area (Å²) in [4.78, 5) is 26.7. The van der Waals surface area contributed by atoms with Crippen molar-refractivity contribution < 1.29 is 4.79 Å². The van der Waals surface area contributed by atoms with E-state index < -0.39 is 0 Å². The number of fused-ring (bicyclic) bond motifs is 2. The number of nitrogens with zero attached hydrogens (tertiary/aromatic N) is 5. The molecule has 1 saturated heterocycles. The van der Waals surface area contributed by atoms with Crippen LogP contribution in [-0.4, -0.2) is 73.1 Å². The first-order chi connectivity index (χ1) is 16.3. The Labute approximate surface area is 199 Å². The van der Waals surface area contributed by atoms with Gasteiger partial charge >= 0.3 is 0 Å². The van der Waals surface area contributed by atoms with Gasteiger partial charge in [0.25, 0.3) is 5.91 Å². The molecule has 1 aromatic heterocycles. The van der Waals surface area contributed by atoms with Gasteiger partial charge in [-0.3, -0.25) is 15.2 Å². The second kappa shape index (κ2) is 8.32. The van der Waals surface area contributed by atoms with Gasteiger partial charge in [-0.05, 0) is 31.3 Å². The van der Waals surface area contributed by atoms with Gasteiger partial charge in [0.2, 0.25) is 5.95 Å². The van der Waals surface area contributed by atoms with E-state index in [2.05, 4.69) is 82.1 Å².